The highest BCUT2D eigenvalue weighted by atomic mass is 32.1. The van der Waals surface area contributed by atoms with E-state index in [0.29, 0.717) is 4.88 Å². The van der Waals surface area contributed by atoms with E-state index in [9.17, 15) is 4.79 Å². The predicted molar refractivity (Wildman–Crippen MR) is 96.5 cm³/mol. The molecule has 4 rings (SSSR count). The second-order valence-electron chi connectivity index (χ2n) is 6.28. The highest BCUT2D eigenvalue weighted by Crippen LogP contribution is 2.36. The number of rotatable bonds is 3. The number of hydrogen-bond donors (Lipinski definition) is 0. The van der Waals surface area contributed by atoms with E-state index in [1.165, 1.54) is 11.3 Å². The van der Waals surface area contributed by atoms with Crippen molar-refractivity contribution in [2.24, 2.45) is 0 Å². The number of likely N-dealkylation sites (tertiary alicyclic amines) is 1. The van der Waals surface area contributed by atoms with Crippen LogP contribution in [0.25, 0.3) is 10.8 Å². The lowest BCUT2D eigenvalue weighted by atomic mass is 10.1. The predicted octanol–water partition coefficient (Wildman–Crippen LogP) is 4.39. The van der Waals surface area contributed by atoms with Gasteiger partial charge in [0.15, 0.2) is 10.8 Å². The molecule has 5 nitrogen and oxygen atoms in total. The lowest BCUT2D eigenvalue weighted by Gasteiger charge is -2.24. The van der Waals surface area contributed by atoms with Gasteiger partial charge in [-0.2, -0.15) is 0 Å². The zero-order valence-electron chi connectivity index (χ0n) is 14.2. The number of hydrogen-bond acceptors (Lipinski definition) is 5. The quantitative estimate of drug-likeness (QED) is 0.700. The third-order valence-electron chi connectivity index (χ3n) is 4.55. The average Bonchev–Trinajstić information content (AvgIpc) is 3.34. The molecule has 1 atom stereocenters. The summed E-state index contributed by atoms with van der Waals surface area (Å²) in [5, 5.41) is 0.758. The van der Waals surface area contributed by atoms with Crippen molar-refractivity contribution in [2.75, 3.05) is 6.54 Å². The third kappa shape index (κ3) is 2.98. The Labute approximate surface area is 150 Å². The highest BCUT2D eigenvalue weighted by molar-refractivity contribution is 7.17. The number of pyridine rings is 1. The van der Waals surface area contributed by atoms with E-state index < -0.39 is 0 Å². The molecule has 25 heavy (non-hydrogen) atoms. The van der Waals surface area contributed by atoms with Crippen molar-refractivity contribution in [3.05, 3.63) is 58.6 Å². The van der Waals surface area contributed by atoms with Gasteiger partial charge in [-0.05, 0) is 56.5 Å². The number of carbonyl (C=O) groups is 1. The van der Waals surface area contributed by atoms with Gasteiger partial charge in [0.2, 0.25) is 0 Å². The van der Waals surface area contributed by atoms with E-state index in [-0.39, 0.29) is 11.9 Å². The van der Waals surface area contributed by atoms with Crippen molar-refractivity contribution in [3.8, 4) is 10.8 Å². The summed E-state index contributed by atoms with van der Waals surface area (Å²) < 4.78 is 5.65. The smallest absolute Gasteiger partial charge is 0.266 e. The molecular formula is C19H19N3O2S. The number of aryl methyl sites for hydroxylation is 2. The molecule has 0 aliphatic carbocycles. The summed E-state index contributed by atoms with van der Waals surface area (Å²) in [5.74, 6) is 1.62. The maximum atomic E-state index is 13.2. The fourth-order valence-electron chi connectivity index (χ4n) is 3.32. The molecule has 3 aromatic rings. The first-order valence-electron chi connectivity index (χ1n) is 8.38. The summed E-state index contributed by atoms with van der Waals surface area (Å²) in [6, 6.07) is 7.91. The molecule has 128 valence electrons. The van der Waals surface area contributed by atoms with E-state index in [1.54, 1.807) is 12.4 Å². The first-order valence-corrected chi connectivity index (χ1v) is 9.20. The summed E-state index contributed by atoms with van der Waals surface area (Å²) in [5.41, 5.74) is 1.91. The Morgan fingerprint density at radius 1 is 1.24 bits per heavy atom. The second kappa shape index (κ2) is 6.44. The number of aromatic nitrogens is 2. The topological polar surface area (TPSA) is 59.2 Å². The van der Waals surface area contributed by atoms with Crippen molar-refractivity contribution in [2.45, 2.75) is 32.7 Å². The Kier molecular flexibility index (Phi) is 4.13. The van der Waals surface area contributed by atoms with Gasteiger partial charge in [-0.1, -0.05) is 0 Å². The van der Waals surface area contributed by atoms with Gasteiger partial charge in [0.05, 0.1) is 11.7 Å². The maximum Gasteiger partial charge on any atom is 0.266 e. The summed E-state index contributed by atoms with van der Waals surface area (Å²) in [6.45, 7) is 4.57. The molecule has 0 radical (unpaired) electrons. The number of carbonyl (C=O) groups excluding carboxylic acids is 1. The molecule has 0 bridgehead atoms. The third-order valence-corrected chi connectivity index (χ3v) is 5.71. The average molecular weight is 353 g/mol. The maximum absolute atomic E-state index is 13.2. The first kappa shape index (κ1) is 16.0. The van der Waals surface area contributed by atoms with Crippen molar-refractivity contribution in [1.82, 2.24) is 14.9 Å². The molecule has 1 saturated heterocycles. The van der Waals surface area contributed by atoms with Crippen LogP contribution in [-0.4, -0.2) is 27.3 Å². The first-order chi connectivity index (χ1) is 12.1. The van der Waals surface area contributed by atoms with E-state index >= 15 is 0 Å². The van der Waals surface area contributed by atoms with Gasteiger partial charge >= 0.3 is 0 Å². The van der Waals surface area contributed by atoms with Crippen LogP contribution < -0.4 is 0 Å². The fraction of sp³-hybridized carbons (Fsp3) is 0.316. The van der Waals surface area contributed by atoms with E-state index in [2.05, 4.69) is 9.97 Å². The lowest BCUT2D eigenvalue weighted by Crippen LogP contribution is -2.30. The van der Waals surface area contributed by atoms with E-state index in [4.69, 9.17) is 4.42 Å². The van der Waals surface area contributed by atoms with Crippen molar-refractivity contribution < 1.29 is 9.21 Å². The highest BCUT2D eigenvalue weighted by Gasteiger charge is 2.32. The Morgan fingerprint density at radius 3 is 2.76 bits per heavy atom. The van der Waals surface area contributed by atoms with Gasteiger partial charge in [0, 0.05) is 18.9 Å². The summed E-state index contributed by atoms with van der Waals surface area (Å²) in [7, 11) is 0. The zero-order valence-corrected chi connectivity index (χ0v) is 15.0. The number of furan rings is 1. The molecule has 1 aliphatic heterocycles. The number of amides is 1. The Morgan fingerprint density at radius 2 is 2.04 bits per heavy atom. The largest absolute Gasteiger partial charge is 0.459 e. The van der Waals surface area contributed by atoms with Crippen LogP contribution in [0, 0.1) is 13.8 Å². The minimum atomic E-state index is 0.0591. The van der Waals surface area contributed by atoms with E-state index in [0.717, 1.165) is 47.2 Å². The van der Waals surface area contributed by atoms with Crippen LogP contribution >= 0.6 is 11.3 Å². The zero-order chi connectivity index (χ0) is 17.4. The minimum Gasteiger partial charge on any atom is -0.459 e. The Balaban J connectivity index is 1.63. The van der Waals surface area contributed by atoms with Crippen molar-refractivity contribution in [3.63, 3.8) is 0 Å². The molecule has 0 N–H and O–H groups in total. The van der Waals surface area contributed by atoms with Crippen LogP contribution in [0.5, 0.6) is 0 Å². The fourth-order valence-corrected chi connectivity index (χ4v) is 4.31. The van der Waals surface area contributed by atoms with Crippen LogP contribution in [-0.2, 0) is 0 Å². The molecule has 0 saturated carbocycles. The molecule has 0 unspecified atom stereocenters. The van der Waals surface area contributed by atoms with Crippen LogP contribution in [0.2, 0.25) is 0 Å². The molecule has 1 fully saturated rings. The van der Waals surface area contributed by atoms with E-state index in [1.807, 2.05) is 43.0 Å². The van der Waals surface area contributed by atoms with Crippen molar-refractivity contribution >= 4 is 17.2 Å². The monoisotopic (exact) mass is 353 g/mol. The molecule has 6 heteroatoms. The number of thiazole rings is 1. The van der Waals surface area contributed by atoms with Gasteiger partial charge in [-0.15, -0.1) is 11.3 Å². The van der Waals surface area contributed by atoms with Crippen LogP contribution in [0.4, 0.5) is 0 Å². The SMILES string of the molecule is Cc1ccc(-c2nc(C)c(C(=O)N3CCC[C@H]3c3ccncc3)s2)o1. The van der Waals surface area contributed by atoms with Gasteiger partial charge < -0.3 is 9.32 Å². The lowest BCUT2D eigenvalue weighted by molar-refractivity contribution is 0.0739. The summed E-state index contributed by atoms with van der Waals surface area (Å²) in [6.07, 6.45) is 5.57. The van der Waals surface area contributed by atoms with Crippen LogP contribution in [0.3, 0.4) is 0 Å². The van der Waals surface area contributed by atoms with Gasteiger partial charge in [-0.25, -0.2) is 4.98 Å². The van der Waals surface area contributed by atoms with Crippen LogP contribution in [0.15, 0.2) is 41.1 Å². The van der Waals surface area contributed by atoms with Gasteiger partial charge in [0.25, 0.3) is 5.91 Å². The molecule has 3 aromatic heterocycles. The Bertz CT molecular complexity index is 901. The van der Waals surface area contributed by atoms with Crippen LogP contribution in [0.1, 0.15) is 45.6 Å². The molecule has 0 spiro atoms. The Hall–Kier alpha value is -2.47. The number of nitrogens with zero attached hydrogens (tertiary/aromatic N) is 3. The molecule has 4 heterocycles. The normalized spacial score (nSPS) is 17.2. The molecule has 0 aromatic carbocycles. The summed E-state index contributed by atoms with van der Waals surface area (Å²) in [4.78, 5) is 24.4. The van der Waals surface area contributed by atoms with Gasteiger partial charge in [0.1, 0.15) is 10.6 Å². The summed E-state index contributed by atoms with van der Waals surface area (Å²) >= 11 is 1.41. The van der Waals surface area contributed by atoms with Gasteiger partial charge in [-0.3, -0.25) is 9.78 Å². The standard InChI is InChI=1S/C19H19N3O2S/c1-12-5-6-16(24-12)18-21-13(2)17(25-18)19(23)22-11-3-4-15(22)14-7-9-20-10-8-14/h5-10,15H,3-4,11H2,1-2H3/t15-/m0/s1. The second-order valence-corrected chi connectivity index (χ2v) is 7.28. The molecular weight excluding hydrogens is 334 g/mol. The van der Waals surface area contributed by atoms with Crippen molar-refractivity contribution in [1.29, 1.82) is 0 Å². The molecule has 1 aliphatic rings. The molecule has 1 amide bonds. The minimum absolute atomic E-state index is 0.0591.